The second kappa shape index (κ2) is 15.8. The molecule has 0 saturated carbocycles. The summed E-state index contributed by atoms with van der Waals surface area (Å²) in [6, 6.07) is 9.79. The Balaban J connectivity index is 2.54. The van der Waals surface area contributed by atoms with Gasteiger partial charge in [-0.05, 0) is 74.7 Å². The monoisotopic (exact) mass is 598 g/mol. The lowest BCUT2D eigenvalue weighted by Crippen LogP contribution is -2.50. The third kappa shape index (κ3) is 8.08. The van der Waals surface area contributed by atoms with Crippen molar-refractivity contribution in [2.45, 2.75) is 123 Å². The summed E-state index contributed by atoms with van der Waals surface area (Å²) in [5.74, 6) is 2.06. The molecule has 0 fully saturated rings. The predicted molar refractivity (Wildman–Crippen MR) is 171 cm³/mol. The first kappa shape index (κ1) is 35.6. The van der Waals surface area contributed by atoms with Crippen molar-refractivity contribution < 1.29 is 28.2 Å². The van der Waals surface area contributed by atoms with E-state index in [2.05, 4.69) is 47.5 Å². The molecule has 234 valence electrons. The molecule has 2 rings (SSSR count). The maximum Gasteiger partial charge on any atom is 0.324 e. The van der Waals surface area contributed by atoms with Gasteiger partial charge in [0.15, 0.2) is 5.41 Å². The molecule has 1 aromatic carbocycles. The van der Waals surface area contributed by atoms with Crippen LogP contribution >= 0.6 is 0 Å². The molecule has 0 aliphatic heterocycles. The lowest BCUT2D eigenvalue weighted by atomic mass is 9.67. The fraction of sp³-hybridized carbons (Fsp3) is 0.657. The van der Waals surface area contributed by atoms with Gasteiger partial charge in [0.25, 0.3) is 8.32 Å². The molecule has 0 N–H and O–H groups in total. The lowest BCUT2D eigenvalue weighted by molar-refractivity contribution is -0.177. The average Bonchev–Trinajstić information content (AvgIpc) is 2.95. The van der Waals surface area contributed by atoms with Gasteiger partial charge in [-0.15, -0.1) is 6.42 Å². The van der Waals surface area contributed by atoms with E-state index in [-0.39, 0.29) is 26.1 Å². The van der Waals surface area contributed by atoms with Crippen LogP contribution in [-0.4, -0.2) is 39.1 Å². The van der Waals surface area contributed by atoms with Gasteiger partial charge >= 0.3 is 11.9 Å². The molecule has 42 heavy (non-hydrogen) atoms. The first-order valence-corrected chi connectivity index (χ1v) is 17.9. The van der Waals surface area contributed by atoms with Crippen molar-refractivity contribution in [2.24, 2.45) is 11.3 Å². The smallest absolute Gasteiger partial charge is 0.324 e. The zero-order valence-corrected chi connectivity index (χ0v) is 28.5. The summed E-state index contributed by atoms with van der Waals surface area (Å²) in [4.78, 5) is 27.8. The van der Waals surface area contributed by atoms with Gasteiger partial charge in [-0.1, -0.05) is 77.8 Å². The predicted octanol–water partition coefficient (Wildman–Crippen LogP) is 8.36. The van der Waals surface area contributed by atoms with Gasteiger partial charge in [-0.25, -0.2) is 0 Å². The van der Waals surface area contributed by atoms with Crippen LogP contribution in [-0.2, 0) is 34.8 Å². The standard InChI is InChI=1S/C35H54O6Si/c1-11-34(10,40-25-29-18-15-14-16-19-29)22-23-35(32(36)38-12-2,33(37)39-13-3)30-20-17-21-31(24-30)41-42(26(4)5,27(6)7)28(8)9/h1,14-16,18-19,24,26-28,30H,12-13,17,20-23,25H2,2-10H3. The number of terminal acetylenes is 1. The summed E-state index contributed by atoms with van der Waals surface area (Å²) in [5.41, 5.74) is -0.379. The SMILES string of the molecule is C#CC(C)(CCC(C(=O)OCC)(C(=O)OCC)C1C=C(O[Si](C(C)C)(C(C)C)C(C)C)CCC1)OCc1ccccc1. The summed E-state index contributed by atoms with van der Waals surface area (Å²) >= 11 is 0. The highest BCUT2D eigenvalue weighted by molar-refractivity contribution is 6.77. The van der Waals surface area contributed by atoms with E-state index in [0.717, 1.165) is 24.2 Å². The van der Waals surface area contributed by atoms with E-state index in [0.29, 0.717) is 29.7 Å². The van der Waals surface area contributed by atoms with Crippen LogP contribution in [0.5, 0.6) is 0 Å². The normalized spacial score (nSPS) is 17.4. The summed E-state index contributed by atoms with van der Waals surface area (Å²) in [5, 5.41) is 0. The Labute approximate surface area is 256 Å². The molecule has 0 saturated heterocycles. The highest BCUT2D eigenvalue weighted by Gasteiger charge is 2.56. The Morgan fingerprint density at radius 2 is 1.50 bits per heavy atom. The van der Waals surface area contributed by atoms with Crippen molar-refractivity contribution in [3.63, 3.8) is 0 Å². The van der Waals surface area contributed by atoms with E-state index >= 15 is 0 Å². The number of esters is 2. The van der Waals surface area contributed by atoms with E-state index in [9.17, 15) is 9.59 Å². The number of ether oxygens (including phenoxy) is 3. The topological polar surface area (TPSA) is 71.1 Å². The van der Waals surface area contributed by atoms with Gasteiger partial charge in [-0.3, -0.25) is 9.59 Å². The number of benzene rings is 1. The summed E-state index contributed by atoms with van der Waals surface area (Å²) in [6.45, 7) is 19.5. The molecule has 0 radical (unpaired) electrons. The number of hydrogen-bond donors (Lipinski definition) is 0. The van der Waals surface area contributed by atoms with Crippen LogP contribution in [0.4, 0.5) is 0 Å². The summed E-state index contributed by atoms with van der Waals surface area (Å²) in [7, 11) is -2.23. The highest BCUT2D eigenvalue weighted by atomic mass is 28.4. The average molecular weight is 599 g/mol. The van der Waals surface area contributed by atoms with E-state index < -0.39 is 37.2 Å². The summed E-state index contributed by atoms with van der Waals surface area (Å²) in [6.07, 6.45) is 10.6. The van der Waals surface area contributed by atoms with Gasteiger partial charge in [0, 0.05) is 12.3 Å². The van der Waals surface area contributed by atoms with E-state index in [1.54, 1.807) is 13.8 Å². The highest BCUT2D eigenvalue weighted by Crippen LogP contribution is 2.48. The quantitative estimate of drug-likeness (QED) is 0.0824. The van der Waals surface area contributed by atoms with Crippen molar-refractivity contribution in [1.82, 2.24) is 0 Å². The van der Waals surface area contributed by atoms with Gasteiger partial charge < -0.3 is 18.6 Å². The third-order valence-electron chi connectivity index (χ3n) is 8.95. The largest absolute Gasteiger partial charge is 0.546 e. The van der Waals surface area contributed by atoms with Gasteiger partial charge in [0.2, 0.25) is 0 Å². The molecule has 6 nitrogen and oxygen atoms in total. The second-order valence-electron chi connectivity index (χ2n) is 12.6. The van der Waals surface area contributed by atoms with Crippen molar-refractivity contribution in [3.05, 3.63) is 47.7 Å². The van der Waals surface area contributed by atoms with Crippen molar-refractivity contribution in [2.75, 3.05) is 13.2 Å². The molecule has 0 aromatic heterocycles. The van der Waals surface area contributed by atoms with Crippen LogP contribution in [0.3, 0.4) is 0 Å². The van der Waals surface area contributed by atoms with Crippen LogP contribution < -0.4 is 0 Å². The molecule has 0 amide bonds. The Morgan fingerprint density at radius 3 is 1.98 bits per heavy atom. The van der Waals surface area contributed by atoms with Gasteiger partial charge in [0.1, 0.15) is 5.60 Å². The number of carbonyl (C=O) groups is 2. The number of carbonyl (C=O) groups excluding carboxylic acids is 2. The molecule has 1 aliphatic carbocycles. The first-order chi connectivity index (χ1) is 19.8. The van der Waals surface area contributed by atoms with Crippen molar-refractivity contribution >= 4 is 20.3 Å². The molecular formula is C35H54O6Si. The van der Waals surface area contributed by atoms with Crippen LogP contribution in [0.25, 0.3) is 0 Å². The molecule has 1 aliphatic rings. The zero-order chi connectivity index (χ0) is 31.6. The maximum absolute atomic E-state index is 13.9. The van der Waals surface area contributed by atoms with E-state index in [4.69, 9.17) is 25.1 Å². The lowest BCUT2D eigenvalue weighted by Gasteiger charge is -2.44. The molecule has 2 atom stereocenters. The number of hydrogen-bond acceptors (Lipinski definition) is 6. The first-order valence-electron chi connectivity index (χ1n) is 15.7. The van der Waals surface area contributed by atoms with Crippen LogP contribution in [0.2, 0.25) is 16.6 Å². The molecule has 7 heteroatoms. The minimum absolute atomic E-state index is 0.135. The zero-order valence-electron chi connectivity index (χ0n) is 27.5. The van der Waals surface area contributed by atoms with Crippen LogP contribution in [0.15, 0.2) is 42.2 Å². The maximum atomic E-state index is 13.9. The molecule has 1 aromatic rings. The van der Waals surface area contributed by atoms with Crippen molar-refractivity contribution in [1.29, 1.82) is 0 Å². The third-order valence-corrected chi connectivity index (χ3v) is 15.0. The van der Waals surface area contributed by atoms with Crippen LogP contribution in [0, 0.1) is 23.7 Å². The van der Waals surface area contributed by atoms with Gasteiger partial charge in [0.05, 0.1) is 25.6 Å². The van der Waals surface area contributed by atoms with Crippen molar-refractivity contribution in [3.8, 4) is 12.3 Å². The summed E-state index contributed by atoms with van der Waals surface area (Å²) < 4.78 is 24.5. The second-order valence-corrected chi connectivity index (χ2v) is 18.0. The molecule has 2 unspecified atom stereocenters. The molecular weight excluding hydrogens is 544 g/mol. The fourth-order valence-electron chi connectivity index (χ4n) is 6.68. The molecule has 0 spiro atoms. The minimum Gasteiger partial charge on any atom is -0.546 e. The van der Waals surface area contributed by atoms with Gasteiger partial charge in [-0.2, -0.15) is 0 Å². The Morgan fingerprint density at radius 1 is 0.952 bits per heavy atom. The van der Waals surface area contributed by atoms with E-state index in [1.807, 2.05) is 43.3 Å². The minimum atomic E-state index is -2.23. The molecule has 0 heterocycles. The molecule has 0 bridgehead atoms. The number of rotatable bonds is 16. The van der Waals surface area contributed by atoms with E-state index in [1.165, 1.54) is 0 Å². The fourth-order valence-corrected chi connectivity index (χ4v) is 12.0. The Kier molecular flexibility index (Phi) is 13.4. The Bertz CT molecular complexity index is 1050. The van der Waals surface area contributed by atoms with Crippen LogP contribution in [0.1, 0.15) is 100.0 Å². The Hall–Kier alpha value is -2.56. The number of allylic oxidation sites excluding steroid dienone is 2.